The highest BCUT2D eigenvalue weighted by Gasteiger charge is 2.02. The number of nitrogen functional groups attached to an aromatic ring is 1. The molecule has 94 valence electrons. The van der Waals surface area contributed by atoms with E-state index in [1.165, 1.54) is 5.56 Å². The lowest BCUT2D eigenvalue weighted by molar-refractivity contribution is 0.647. The van der Waals surface area contributed by atoms with Gasteiger partial charge in [0.25, 0.3) is 0 Å². The fraction of sp³-hybridized carbons (Fsp3) is 0.286. The normalized spacial score (nSPS) is 10.7. The minimum atomic E-state index is 0.565. The predicted molar refractivity (Wildman–Crippen MR) is 73.8 cm³/mol. The second kappa shape index (κ2) is 5.60. The van der Waals surface area contributed by atoms with Gasteiger partial charge in [-0.05, 0) is 30.0 Å². The smallest absolute Gasteiger partial charge is 0.162 e. The summed E-state index contributed by atoms with van der Waals surface area (Å²) < 4.78 is 0. The van der Waals surface area contributed by atoms with Crippen LogP contribution >= 0.6 is 0 Å². The summed E-state index contributed by atoms with van der Waals surface area (Å²) in [6.07, 6.45) is 1.10. The van der Waals surface area contributed by atoms with E-state index < -0.39 is 0 Å². The van der Waals surface area contributed by atoms with Crippen molar-refractivity contribution in [2.45, 2.75) is 20.3 Å². The molecule has 0 aliphatic heterocycles. The van der Waals surface area contributed by atoms with Crippen LogP contribution in [0.15, 0.2) is 36.4 Å². The molecule has 4 heteroatoms. The lowest BCUT2D eigenvalue weighted by atomic mass is 10.0. The highest BCUT2D eigenvalue weighted by Crippen LogP contribution is 2.18. The molecule has 0 saturated heterocycles. The van der Waals surface area contributed by atoms with Gasteiger partial charge in [-0.1, -0.05) is 38.1 Å². The van der Waals surface area contributed by atoms with Crippen molar-refractivity contribution in [2.24, 2.45) is 11.8 Å². The standard InChI is InChI=1S/C14H18N4/c1-10(2)9-11-3-5-12(6-4-11)13-7-8-14(16-15)18-17-13/h3-8,10H,9,15H2,1-2H3,(H,16,18). The molecular formula is C14H18N4. The van der Waals surface area contributed by atoms with E-state index >= 15 is 0 Å². The van der Waals surface area contributed by atoms with Gasteiger partial charge in [-0.3, -0.25) is 0 Å². The summed E-state index contributed by atoms with van der Waals surface area (Å²) in [4.78, 5) is 0. The number of hydrogen-bond acceptors (Lipinski definition) is 4. The molecule has 0 radical (unpaired) electrons. The number of benzene rings is 1. The first-order valence-electron chi connectivity index (χ1n) is 6.08. The minimum absolute atomic E-state index is 0.565. The third-order valence-corrected chi connectivity index (χ3v) is 2.71. The van der Waals surface area contributed by atoms with Crippen molar-refractivity contribution in [3.8, 4) is 11.3 Å². The van der Waals surface area contributed by atoms with Crippen LogP contribution in [0.3, 0.4) is 0 Å². The molecule has 0 aliphatic carbocycles. The van der Waals surface area contributed by atoms with Gasteiger partial charge in [-0.25, -0.2) is 5.84 Å². The summed E-state index contributed by atoms with van der Waals surface area (Å²) in [6.45, 7) is 4.44. The molecule has 0 saturated carbocycles. The molecule has 0 fully saturated rings. The molecule has 4 nitrogen and oxygen atoms in total. The van der Waals surface area contributed by atoms with Crippen molar-refractivity contribution >= 4 is 5.82 Å². The first kappa shape index (κ1) is 12.5. The largest absolute Gasteiger partial charge is 0.307 e. The Labute approximate surface area is 107 Å². The minimum Gasteiger partial charge on any atom is -0.307 e. The molecule has 0 atom stereocenters. The maximum atomic E-state index is 5.25. The van der Waals surface area contributed by atoms with E-state index in [0.29, 0.717) is 11.7 Å². The van der Waals surface area contributed by atoms with Crippen LogP contribution in [0, 0.1) is 5.92 Å². The number of rotatable bonds is 4. The highest BCUT2D eigenvalue weighted by molar-refractivity contribution is 5.59. The Bertz CT molecular complexity index is 488. The first-order chi connectivity index (χ1) is 8.69. The van der Waals surface area contributed by atoms with Gasteiger partial charge in [0, 0.05) is 5.56 Å². The molecule has 0 bridgehead atoms. The molecule has 3 N–H and O–H groups in total. The van der Waals surface area contributed by atoms with Crippen molar-refractivity contribution in [1.82, 2.24) is 10.2 Å². The van der Waals surface area contributed by atoms with E-state index in [1.54, 1.807) is 0 Å². The fourth-order valence-electron chi connectivity index (χ4n) is 1.85. The molecule has 2 aromatic rings. The van der Waals surface area contributed by atoms with Gasteiger partial charge in [-0.15, -0.1) is 10.2 Å². The van der Waals surface area contributed by atoms with Crippen LogP contribution in [0.25, 0.3) is 11.3 Å². The molecule has 1 aromatic carbocycles. The average Bonchev–Trinajstić information content (AvgIpc) is 2.39. The fourth-order valence-corrected chi connectivity index (χ4v) is 1.85. The van der Waals surface area contributed by atoms with E-state index in [1.807, 2.05) is 12.1 Å². The van der Waals surface area contributed by atoms with Crippen LogP contribution in [-0.4, -0.2) is 10.2 Å². The third-order valence-electron chi connectivity index (χ3n) is 2.71. The Morgan fingerprint density at radius 1 is 1.06 bits per heavy atom. The van der Waals surface area contributed by atoms with Crippen LogP contribution in [0.1, 0.15) is 19.4 Å². The highest BCUT2D eigenvalue weighted by atomic mass is 15.3. The van der Waals surface area contributed by atoms with Crippen molar-refractivity contribution < 1.29 is 0 Å². The van der Waals surface area contributed by atoms with Gasteiger partial charge in [0.15, 0.2) is 5.82 Å². The molecule has 0 unspecified atom stereocenters. The Morgan fingerprint density at radius 3 is 2.28 bits per heavy atom. The number of nitrogens with one attached hydrogen (secondary N) is 1. The summed E-state index contributed by atoms with van der Waals surface area (Å²) in [7, 11) is 0. The molecule has 0 spiro atoms. The molecule has 0 amide bonds. The number of nitrogens with zero attached hydrogens (tertiary/aromatic N) is 2. The van der Waals surface area contributed by atoms with Crippen LogP contribution in [0.4, 0.5) is 5.82 Å². The maximum absolute atomic E-state index is 5.25. The number of hydrogen-bond donors (Lipinski definition) is 2. The number of aromatic nitrogens is 2. The second-order valence-electron chi connectivity index (χ2n) is 4.74. The molecule has 18 heavy (non-hydrogen) atoms. The number of hydrazine groups is 1. The van der Waals surface area contributed by atoms with Gasteiger partial charge in [0.1, 0.15) is 0 Å². The lowest BCUT2D eigenvalue weighted by Crippen LogP contribution is -2.08. The third kappa shape index (κ3) is 3.05. The molecule has 0 aliphatic rings. The summed E-state index contributed by atoms with van der Waals surface area (Å²) in [5, 5.41) is 8.08. The molecule has 2 rings (SSSR count). The van der Waals surface area contributed by atoms with E-state index in [2.05, 4.69) is 53.7 Å². The molecular weight excluding hydrogens is 224 g/mol. The van der Waals surface area contributed by atoms with Crippen molar-refractivity contribution in [1.29, 1.82) is 0 Å². The van der Waals surface area contributed by atoms with E-state index in [9.17, 15) is 0 Å². The quantitative estimate of drug-likeness (QED) is 0.639. The Hall–Kier alpha value is -1.94. The Kier molecular flexibility index (Phi) is 3.89. The van der Waals surface area contributed by atoms with Crippen molar-refractivity contribution in [2.75, 3.05) is 5.43 Å². The van der Waals surface area contributed by atoms with Crippen LogP contribution in [0.2, 0.25) is 0 Å². The van der Waals surface area contributed by atoms with Gasteiger partial charge >= 0.3 is 0 Å². The topological polar surface area (TPSA) is 63.8 Å². The summed E-state index contributed by atoms with van der Waals surface area (Å²) in [6, 6.07) is 12.2. The van der Waals surface area contributed by atoms with E-state index in [-0.39, 0.29) is 0 Å². The zero-order valence-corrected chi connectivity index (χ0v) is 10.7. The zero-order valence-electron chi connectivity index (χ0n) is 10.7. The van der Waals surface area contributed by atoms with Crippen LogP contribution in [0.5, 0.6) is 0 Å². The van der Waals surface area contributed by atoms with Gasteiger partial charge in [0.2, 0.25) is 0 Å². The van der Waals surface area contributed by atoms with Gasteiger partial charge < -0.3 is 5.43 Å². The predicted octanol–water partition coefficient (Wildman–Crippen LogP) is 2.63. The van der Waals surface area contributed by atoms with E-state index in [0.717, 1.165) is 17.7 Å². The SMILES string of the molecule is CC(C)Cc1ccc(-c2ccc(NN)nn2)cc1. The maximum Gasteiger partial charge on any atom is 0.162 e. The number of anilines is 1. The van der Waals surface area contributed by atoms with Crippen LogP contribution < -0.4 is 11.3 Å². The van der Waals surface area contributed by atoms with Crippen LogP contribution in [-0.2, 0) is 6.42 Å². The summed E-state index contributed by atoms with van der Waals surface area (Å²) in [5.74, 6) is 6.49. The number of nitrogens with two attached hydrogens (primary N) is 1. The van der Waals surface area contributed by atoms with E-state index in [4.69, 9.17) is 5.84 Å². The van der Waals surface area contributed by atoms with Crippen molar-refractivity contribution in [3.05, 3.63) is 42.0 Å². The Balaban J connectivity index is 2.17. The monoisotopic (exact) mass is 242 g/mol. The molecule has 1 heterocycles. The zero-order chi connectivity index (χ0) is 13.0. The Morgan fingerprint density at radius 2 is 1.78 bits per heavy atom. The second-order valence-corrected chi connectivity index (χ2v) is 4.74. The average molecular weight is 242 g/mol. The van der Waals surface area contributed by atoms with Gasteiger partial charge in [0.05, 0.1) is 5.69 Å². The van der Waals surface area contributed by atoms with Gasteiger partial charge in [-0.2, -0.15) is 0 Å². The lowest BCUT2D eigenvalue weighted by Gasteiger charge is -2.06. The summed E-state index contributed by atoms with van der Waals surface area (Å²) in [5.41, 5.74) is 5.73. The first-order valence-corrected chi connectivity index (χ1v) is 6.08. The molecule has 1 aromatic heterocycles. The van der Waals surface area contributed by atoms with Crippen molar-refractivity contribution in [3.63, 3.8) is 0 Å². The summed E-state index contributed by atoms with van der Waals surface area (Å²) >= 11 is 0.